The summed E-state index contributed by atoms with van der Waals surface area (Å²) >= 11 is 18.9. The first-order valence-corrected chi connectivity index (χ1v) is 7.27. The minimum Gasteiger partial charge on any atom is -0.0843 e. The third-order valence-electron chi connectivity index (χ3n) is 2.25. The van der Waals surface area contributed by atoms with Gasteiger partial charge in [0, 0.05) is 19.0 Å². The van der Waals surface area contributed by atoms with E-state index in [4.69, 9.17) is 23.2 Å². The second kappa shape index (κ2) is 5.75. The maximum absolute atomic E-state index is 6.01. The first-order valence-electron chi connectivity index (χ1n) is 4.93. The molecule has 0 saturated carbocycles. The zero-order chi connectivity index (χ0) is 12.4. The van der Waals surface area contributed by atoms with Crippen LogP contribution in [0.15, 0.2) is 45.3 Å². The van der Waals surface area contributed by atoms with Crippen LogP contribution < -0.4 is 0 Å². The van der Waals surface area contributed by atoms with Crippen molar-refractivity contribution in [3.8, 4) is 0 Å². The van der Waals surface area contributed by atoms with Gasteiger partial charge in [0.15, 0.2) is 0 Å². The largest absolute Gasteiger partial charge is 0.0843 e. The van der Waals surface area contributed by atoms with Crippen molar-refractivity contribution in [1.82, 2.24) is 0 Å². The zero-order valence-corrected chi connectivity index (χ0v) is 13.4. The minimum absolute atomic E-state index is 0.732. The van der Waals surface area contributed by atoms with E-state index in [1.54, 1.807) is 0 Å². The van der Waals surface area contributed by atoms with Gasteiger partial charge in [0.1, 0.15) is 0 Å². The summed E-state index contributed by atoms with van der Waals surface area (Å²) < 4.78 is 1.97. The van der Waals surface area contributed by atoms with Crippen LogP contribution in [-0.2, 0) is 6.42 Å². The Kier molecular flexibility index (Phi) is 4.53. The van der Waals surface area contributed by atoms with Crippen molar-refractivity contribution in [2.24, 2.45) is 0 Å². The van der Waals surface area contributed by atoms with Gasteiger partial charge in [-0.1, -0.05) is 55.1 Å². The molecular weight excluding hydrogens is 387 g/mol. The summed E-state index contributed by atoms with van der Waals surface area (Å²) in [6.07, 6.45) is 0.804. The Balaban J connectivity index is 2.31. The Labute approximate surface area is 127 Å². The Morgan fingerprint density at radius 3 is 1.47 bits per heavy atom. The molecule has 0 aliphatic rings. The maximum Gasteiger partial charge on any atom is 0.0420 e. The Hall–Kier alpha value is -0.0200. The van der Waals surface area contributed by atoms with Crippen molar-refractivity contribution in [2.45, 2.75) is 6.42 Å². The van der Waals surface area contributed by atoms with Crippen molar-refractivity contribution < 1.29 is 0 Å². The molecule has 2 aromatic carbocycles. The van der Waals surface area contributed by atoms with E-state index in [2.05, 4.69) is 44.0 Å². The summed E-state index contributed by atoms with van der Waals surface area (Å²) in [5, 5.41) is 1.46. The second-order valence-electron chi connectivity index (χ2n) is 3.73. The van der Waals surface area contributed by atoms with Gasteiger partial charge in [-0.2, -0.15) is 0 Å². The molecule has 2 rings (SSSR count). The predicted octanol–water partition coefficient (Wildman–Crippen LogP) is 6.11. The fraction of sp³-hybridized carbons (Fsp3) is 0.0769. The van der Waals surface area contributed by atoms with E-state index in [9.17, 15) is 0 Å². The molecule has 0 atom stereocenters. The normalized spacial score (nSPS) is 10.6. The number of hydrogen-bond acceptors (Lipinski definition) is 0. The number of hydrogen-bond donors (Lipinski definition) is 0. The fourth-order valence-electron chi connectivity index (χ4n) is 1.66. The van der Waals surface area contributed by atoms with Gasteiger partial charge < -0.3 is 0 Å². The van der Waals surface area contributed by atoms with Gasteiger partial charge in [-0.25, -0.2) is 0 Å². The predicted molar refractivity (Wildman–Crippen MR) is 81.1 cm³/mol. The van der Waals surface area contributed by atoms with E-state index in [0.29, 0.717) is 0 Å². The highest BCUT2D eigenvalue weighted by atomic mass is 79.9. The Morgan fingerprint density at radius 1 is 0.706 bits per heavy atom. The molecule has 0 saturated heterocycles. The highest BCUT2D eigenvalue weighted by molar-refractivity contribution is 9.10. The van der Waals surface area contributed by atoms with Crippen LogP contribution in [0, 0.1) is 0 Å². The Morgan fingerprint density at radius 2 is 1.12 bits per heavy atom. The van der Waals surface area contributed by atoms with Gasteiger partial charge in [0.2, 0.25) is 0 Å². The van der Waals surface area contributed by atoms with Crippen molar-refractivity contribution in [3.05, 3.63) is 66.5 Å². The third-order valence-corrected chi connectivity index (χ3v) is 3.61. The van der Waals surface area contributed by atoms with Crippen LogP contribution in [0.25, 0.3) is 0 Å². The molecule has 0 radical (unpaired) electrons. The average Bonchev–Trinajstić information content (AvgIpc) is 2.13. The SMILES string of the molecule is Clc1cc(Br)cc(Cc2cc(Cl)cc(Br)c2)c1. The molecule has 0 N–H and O–H groups in total. The molecule has 2 aromatic rings. The molecule has 0 bridgehead atoms. The van der Waals surface area contributed by atoms with Crippen LogP contribution in [0.1, 0.15) is 11.1 Å². The lowest BCUT2D eigenvalue weighted by Crippen LogP contribution is -1.89. The Bertz CT molecular complexity index is 463. The van der Waals surface area contributed by atoms with Crippen LogP contribution in [0.5, 0.6) is 0 Å². The van der Waals surface area contributed by atoms with E-state index < -0.39 is 0 Å². The summed E-state index contributed by atoms with van der Waals surface area (Å²) in [6.45, 7) is 0. The quantitative estimate of drug-likeness (QED) is 0.576. The van der Waals surface area contributed by atoms with E-state index in [-0.39, 0.29) is 0 Å². The van der Waals surface area contributed by atoms with E-state index >= 15 is 0 Å². The van der Waals surface area contributed by atoms with Gasteiger partial charge in [0.25, 0.3) is 0 Å². The van der Waals surface area contributed by atoms with Crippen LogP contribution in [0.2, 0.25) is 10.0 Å². The van der Waals surface area contributed by atoms with E-state index in [0.717, 1.165) is 36.5 Å². The molecule has 0 spiro atoms. The highest BCUT2D eigenvalue weighted by Crippen LogP contribution is 2.24. The summed E-state index contributed by atoms with van der Waals surface area (Å²) in [5.74, 6) is 0. The lowest BCUT2D eigenvalue weighted by atomic mass is 10.1. The first kappa shape index (κ1) is 13.4. The third kappa shape index (κ3) is 3.99. The smallest absolute Gasteiger partial charge is 0.0420 e. The second-order valence-corrected chi connectivity index (χ2v) is 6.44. The monoisotopic (exact) mass is 392 g/mol. The van der Waals surface area contributed by atoms with Crippen molar-refractivity contribution in [2.75, 3.05) is 0 Å². The molecule has 0 fully saturated rings. The molecule has 0 amide bonds. The summed E-state index contributed by atoms with van der Waals surface area (Å²) in [4.78, 5) is 0. The molecule has 0 aromatic heterocycles. The van der Waals surface area contributed by atoms with Gasteiger partial charge >= 0.3 is 0 Å². The molecule has 88 valence electrons. The van der Waals surface area contributed by atoms with Crippen molar-refractivity contribution in [1.29, 1.82) is 0 Å². The van der Waals surface area contributed by atoms with Gasteiger partial charge in [0.05, 0.1) is 0 Å². The summed E-state index contributed by atoms with van der Waals surface area (Å²) in [5.41, 5.74) is 2.30. The van der Waals surface area contributed by atoms with Gasteiger partial charge in [-0.3, -0.25) is 0 Å². The summed E-state index contributed by atoms with van der Waals surface area (Å²) in [6, 6.07) is 11.8. The standard InChI is InChI=1S/C13H8Br2Cl2/c14-10-2-8(4-12(16)6-10)1-9-3-11(15)7-13(17)5-9/h2-7H,1H2. The molecule has 0 heterocycles. The molecule has 0 nitrogen and oxygen atoms in total. The van der Waals surface area contributed by atoms with Crippen LogP contribution >= 0.6 is 55.1 Å². The number of benzene rings is 2. The van der Waals surface area contributed by atoms with Gasteiger partial charge in [-0.15, -0.1) is 0 Å². The van der Waals surface area contributed by atoms with E-state index in [1.165, 1.54) is 0 Å². The van der Waals surface area contributed by atoms with Crippen molar-refractivity contribution >= 4 is 55.1 Å². The molecule has 4 heteroatoms. The molecular formula is C13H8Br2Cl2. The zero-order valence-electron chi connectivity index (χ0n) is 8.68. The molecule has 17 heavy (non-hydrogen) atoms. The fourth-order valence-corrected chi connectivity index (χ4v) is 3.52. The van der Waals surface area contributed by atoms with E-state index in [1.807, 2.05) is 24.3 Å². The summed E-state index contributed by atoms with van der Waals surface area (Å²) in [7, 11) is 0. The molecule has 0 aliphatic heterocycles. The molecule has 0 unspecified atom stereocenters. The first-order chi connectivity index (χ1) is 8.02. The topological polar surface area (TPSA) is 0 Å². The van der Waals surface area contributed by atoms with Gasteiger partial charge in [-0.05, 0) is 53.9 Å². The van der Waals surface area contributed by atoms with Crippen LogP contribution in [0.3, 0.4) is 0 Å². The van der Waals surface area contributed by atoms with Crippen LogP contribution in [0.4, 0.5) is 0 Å². The average molecular weight is 395 g/mol. The van der Waals surface area contributed by atoms with Crippen LogP contribution in [-0.4, -0.2) is 0 Å². The maximum atomic E-state index is 6.01. The number of rotatable bonds is 2. The highest BCUT2D eigenvalue weighted by Gasteiger charge is 2.02. The molecule has 0 aliphatic carbocycles. The lowest BCUT2D eigenvalue weighted by molar-refractivity contribution is 1.19. The number of halogens is 4. The van der Waals surface area contributed by atoms with Crippen molar-refractivity contribution in [3.63, 3.8) is 0 Å². The lowest BCUT2D eigenvalue weighted by Gasteiger charge is -2.05. The minimum atomic E-state index is 0.732.